The molecule has 154 valence electrons. The van der Waals surface area contributed by atoms with E-state index >= 15 is 0 Å². The monoisotopic (exact) mass is 507 g/mol. The third kappa shape index (κ3) is 9.93. The molecule has 2 rings (SSSR count). The molecule has 0 bridgehead atoms. The number of guanidine groups is 1. The van der Waals surface area contributed by atoms with Gasteiger partial charge in [0, 0.05) is 20.1 Å². The predicted octanol–water partition coefficient (Wildman–Crippen LogP) is 4.64. The molecule has 0 saturated heterocycles. The van der Waals surface area contributed by atoms with Crippen LogP contribution in [0.1, 0.15) is 23.1 Å². The average molecular weight is 507 g/mol. The van der Waals surface area contributed by atoms with Gasteiger partial charge in [0.15, 0.2) is 5.96 Å². The highest BCUT2D eigenvalue weighted by Crippen LogP contribution is 2.18. The second-order valence-electron chi connectivity index (χ2n) is 6.02. The minimum atomic E-state index is -4.18. The summed E-state index contributed by atoms with van der Waals surface area (Å²) >= 11 is 0. The Morgan fingerprint density at radius 3 is 2.25 bits per heavy atom. The molecule has 8 heteroatoms. The van der Waals surface area contributed by atoms with Gasteiger partial charge in [-0.1, -0.05) is 54.6 Å². The van der Waals surface area contributed by atoms with Crippen LogP contribution in [0.15, 0.2) is 59.6 Å². The summed E-state index contributed by atoms with van der Waals surface area (Å²) in [5.41, 5.74) is 3.14. The highest BCUT2D eigenvalue weighted by atomic mass is 127. The Kier molecular flexibility index (Phi) is 10.9. The predicted molar refractivity (Wildman–Crippen MR) is 116 cm³/mol. The van der Waals surface area contributed by atoms with E-state index in [0.717, 1.165) is 16.7 Å². The molecule has 28 heavy (non-hydrogen) atoms. The fourth-order valence-corrected chi connectivity index (χ4v) is 2.42. The van der Waals surface area contributed by atoms with Crippen molar-refractivity contribution in [3.63, 3.8) is 0 Å². The summed E-state index contributed by atoms with van der Waals surface area (Å²) < 4.78 is 42.3. The second kappa shape index (κ2) is 12.6. The Balaban J connectivity index is 0.00000392. The summed E-state index contributed by atoms with van der Waals surface area (Å²) in [7, 11) is 1.52. The molecule has 0 amide bonds. The van der Waals surface area contributed by atoms with Gasteiger partial charge in [0.25, 0.3) is 0 Å². The summed E-state index contributed by atoms with van der Waals surface area (Å²) in [6, 6.07) is 17.8. The zero-order valence-corrected chi connectivity index (χ0v) is 18.0. The number of benzene rings is 2. The number of rotatable bonds is 8. The summed E-state index contributed by atoms with van der Waals surface area (Å²) in [5, 5.41) is 5.67. The number of halogens is 4. The Morgan fingerprint density at radius 2 is 1.57 bits per heavy atom. The maximum atomic E-state index is 12.2. The van der Waals surface area contributed by atoms with E-state index in [4.69, 9.17) is 4.74 Å². The third-order valence-electron chi connectivity index (χ3n) is 3.76. The molecule has 0 aromatic heterocycles. The lowest BCUT2D eigenvalue weighted by Gasteiger charge is -2.13. The van der Waals surface area contributed by atoms with E-state index in [1.165, 1.54) is 7.05 Å². The molecule has 0 atom stereocenters. The third-order valence-corrected chi connectivity index (χ3v) is 3.76. The van der Waals surface area contributed by atoms with Gasteiger partial charge in [0.1, 0.15) is 0 Å². The normalized spacial score (nSPS) is 11.6. The SMILES string of the molecule is CN=C(NCCC(F)(F)F)NCc1cccc(COCc2ccccc2)c1.I. The second-order valence-corrected chi connectivity index (χ2v) is 6.02. The highest BCUT2D eigenvalue weighted by molar-refractivity contribution is 14.0. The topological polar surface area (TPSA) is 45.7 Å². The quantitative estimate of drug-likeness (QED) is 0.311. The maximum absolute atomic E-state index is 12.2. The van der Waals surface area contributed by atoms with Crippen molar-refractivity contribution in [3.8, 4) is 0 Å². The fourth-order valence-electron chi connectivity index (χ4n) is 2.42. The molecular formula is C20H25F3IN3O. The first-order chi connectivity index (χ1) is 13.0. The molecule has 2 aromatic carbocycles. The minimum absolute atomic E-state index is 0. The summed E-state index contributed by atoms with van der Waals surface area (Å²) in [6.07, 6.45) is -5.08. The molecule has 0 spiro atoms. The van der Waals surface area contributed by atoms with Gasteiger partial charge < -0.3 is 15.4 Å². The van der Waals surface area contributed by atoms with Gasteiger partial charge in [-0.05, 0) is 16.7 Å². The summed E-state index contributed by atoms with van der Waals surface area (Å²) in [6.45, 7) is 1.27. The van der Waals surface area contributed by atoms with Gasteiger partial charge in [-0.3, -0.25) is 4.99 Å². The number of nitrogens with zero attached hydrogens (tertiary/aromatic N) is 1. The van der Waals surface area contributed by atoms with Crippen LogP contribution in [0.5, 0.6) is 0 Å². The molecule has 0 radical (unpaired) electrons. The molecule has 2 aromatic rings. The lowest BCUT2D eigenvalue weighted by atomic mass is 10.1. The van der Waals surface area contributed by atoms with Crippen LogP contribution in [0.2, 0.25) is 0 Å². The molecule has 0 aliphatic rings. The largest absolute Gasteiger partial charge is 0.390 e. The van der Waals surface area contributed by atoms with Crippen molar-refractivity contribution in [2.45, 2.75) is 32.4 Å². The number of nitrogens with one attached hydrogen (secondary N) is 2. The smallest absolute Gasteiger partial charge is 0.372 e. The first-order valence-electron chi connectivity index (χ1n) is 8.67. The summed E-state index contributed by atoms with van der Waals surface area (Å²) in [5.74, 6) is 0.338. The van der Waals surface area contributed by atoms with Gasteiger partial charge in [-0.15, -0.1) is 24.0 Å². The molecule has 0 aliphatic heterocycles. The van der Waals surface area contributed by atoms with E-state index in [1.54, 1.807) is 0 Å². The van der Waals surface area contributed by atoms with Crippen LogP contribution in [0, 0.1) is 0 Å². The van der Waals surface area contributed by atoms with Crippen molar-refractivity contribution >= 4 is 29.9 Å². The van der Waals surface area contributed by atoms with E-state index in [2.05, 4.69) is 15.6 Å². The van der Waals surface area contributed by atoms with Crippen molar-refractivity contribution in [2.24, 2.45) is 4.99 Å². The van der Waals surface area contributed by atoms with Crippen LogP contribution in [0.25, 0.3) is 0 Å². The Labute approximate surface area is 180 Å². The minimum Gasteiger partial charge on any atom is -0.372 e. The van der Waals surface area contributed by atoms with Crippen LogP contribution in [0.4, 0.5) is 13.2 Å². The number of alkyl halides is 3. The lowest BCUT2D eigenvalue weighted by molar-refractivity contribution is -0.132. The van der Waals surface area contributed by atoms with Crippen LogP contribution in [-0.2, 0) is 24.5 Å². The van der Waals surface area contributed by atoms with E-state index in [0.29, 0.717) is 25.7 Å². The van der Waals surface area contributed by atoms with Crippen molar-refractivity contribution in [2.75, 3.05) is 13.6 Å². The number of aliphatic imine (C=N–C) groups is 1. The highest BCUT2D eigenvalue weighted by Gasteiger charge is 2.26. The van der Waals surface area contributed by atoms with Gasteiger partial charge in [-0.2, -0.15) is 13.2 Å². The molecule has 0 aliphatic carbocycles. The number of hydrogen-bond donors (Lipinski definition) is 2. The average Bonchev–Trinajstić information content (AvgIpc) is 2.65. The number of ether oxygens (including phenoxy) is 1. The first-order valence-corrected chi connectivity index (χ1v) is 8.67. The Bertz CT molecular complexity index is 724. The maximum Gasteiger partial charge on any atom is 0.390 e. The van der Waals surface area contributed by atoms with Crippen LogP contribution in [0.3, 0.4) is 0 Å². The van der Waals surface area contributed by atoms with Crippen molar-refractivity contribution in [1.29, 1.82) is 0 Å². The zero-order valence-electron chi connectivity index (χ0n) is 15.6. The van der Waals surface area contributed by atoms with Crippen molar-refractivity contribution in [3.05, 3.63) is 71.3 Å². The van der Waals surface area contributed by atoms with E-state index in [1.807, 2.05) is 54.6 Å². The molecule has 0 heterocycles. The Hall–Kier alpha value is -1.81. The van der Waals surface area contributed by atoms with Crippen LogP contribution in [-0.4, -0.2) is 25.7 Å². The zero-order chi connectivity index (χ0) is 19.5. The van der Waals surface area contributed by atoms with Crippen LogP contribution >= 0.6 is 24.0 Å². The standard InChI is InChI=1S/C20H24F3N3O.HI/c1-24-19(25-11-10-20(21,22)23)26-13-17-8-5-9-18(12-17)15-27-14-16-6-3-2-4-7-16;/h2-9,12H,10-11,13-15H2,1H3,(H2,24,25,26);1H. The van der Waals surface area contributed by atoms with Crippen molar-refractivity contribution in [1.82, 2.24) is 10.6 Å². The van der Waals surface area contributed by atoms with Gasteiger partial charge in [0.2, 0.25) is 0 Å². The number of hydrogen-bond acceptors (Lipinski definition) is 2. The van der Waals surface area contributed by atoms with E-state index in [9.17, 15) is 13.2 Å². The van der Waals surface area contributed by atoms with Crippen molar-refractivity contribution < 1.29 is 17.9 Å². The van der Waals surface area contributed by atoms with Gasteiger partial charge >= 0.3 is 6.18 Å². The lowest BCUT2D eigenvalue weighted by Crippen LogP contribution is -2.38. The molecular weight excluding hydrogens is 482 g/mol. The molecule has 2 N–H and O–H groups in total. The van der Waals surface area contributed by atoms with Gasteiger partial charge in [-0.25, -0.2) is 0 Å². The first kappa shape index (κ1) is 24.2. The molecule has 4 nitrogen and oxygen atoms in total. The molecule has 0 saturated carbocycles. The fraction of sp³-hybridized carbons (Fsp3) is 0.350. The van der Waals surface area contributed by atoms with Crippen LogP contribution < -0.4 is 10.6 Å². The van der Waals surface area contributed by atoms with E-state index < -0.39 is 12.6 Å². The van der Waals surface area contributed by atoms with Gasteiger partial charge in [0.05, 0.1) is 19.6 Å². The Morgan fingerprint density at radius 1 is 0.929 bits per heavy atom. The summed E-state index contributed by atoms with van der Waals surface area (Å²) in [4.78, 5) is 3.93. The molecule has 0 fully saturated rings. The van der Waals surface area contributed by atoms with E-state index in [-0.39, 0.29) is 30.5 Å². The molecule has 0 unspecified atom stereocenters.